The second-order valence-corrected chi connectivity index (χ2v) is 7.71. The molecule has 2 aliphatic rings. The molecular weight excluding hydrogens is 348 g/mol. The third kappa shape index (κ3) is 4.34. The van der Waals surface area contributed by atoms with Crippen molar-refractivity contribution in [3.8, 4) is 0 Å². The van der Waals surface area contributed by atoms with Crippen molar-refractivity contribution in [2.75, 3.05) is 6.54 Å². The Morgan fingerprint density at radius 1 is 1.30 bits per heavy atom. The number of likely N-dealkylation sites (tertiary alicyclic amines) is 2. The first-order chi connectivity index (χ1) is 12.9. The number of hydrogen-bond acceptors (Lipinski definition) is 5. The van der Waals surface area contributed by atoms with Gasteiger partial charge in [0.25, 0.3) is 5.91 Å². The van der Waals surface area contributed by atoms with Gasteiger partial charge in [-0.1, -0.05) is 0 Å². The first-order valence-corrected chi connectivity index (χ1v) is 9.69. The number of carbonyl (C=O) groups excluding carboxylic acids is 3. The zero-order valence-electron chi connectivity index (χ0n) is 16.2. The molecule has 3 heterocycles. The minimum absolute atomic E-state index is 0.106. The van der Waals surface area contributed by atoms with E-state index in [1.165, 1.54) is 0 Å². The molecule has 0 N–H and O–H groups in total. The summed E-state index contributed by atoms with van der Waals surface area (Å²) in [7, 11) is 0. The summed E-state index contributed by atoms with van der Waals surface area (Å²) in [5.41, 5.74) is 0. The van der Waals surface area contributed by atoms with Crippen molar-refractivity contribution in [1.29, 1.82) is 0 Å². The molecule has 0 spiro atoms. The van der Waals surface area contributed by atoms with Crippen molar-refractivity contribution in [2.45, 2.75) is 71.2 Å². The molecule has 0 unspecified atom stereocenters. The van der Waals surface area contributed by atoms with Crippen LogP contribution in [0.2, 0.25) is 0 Å². The molecule has 2 fully saturated rings. The van der Waals surface area contributed by atoms with Gasteiger partial charge in [-0.05, 0) is 52.2 Å². The first kappa shape index (κ1) is 19.5. The molecule has 2 saturated heterocycles. The number of esters is 1. The number of hydrogen-bond donors (Lipinski definition) is 0. The zero-order chi connectivity index (χ0) is 19.6. The van der Waals surface area contributed by atoms with Crippen LogP contribution in [0.1, 0.15) is 52.2 Å². The Morgan fingerprint density at radius 3 is 2.63 bits per heavy atom. The molecule has 7 heteroatoms. The summed E-state index contributed by atoms with van der Waals surface area (Å²) in [5.74, 6) is -0.609. The Bertz CT molecular complexity index is 677. The molecule has 0 radical (unpaired) electrons. The van der Waals surface area contributed by atoms with Gasteiger partial charge in [-0.2, -0.15) is 0 Å². The highest BCUT2D eigenvalue weighted by Crippen LogP contribution is 2.25. The van der Waals surface area contributed by atoms with E-state index in [0.29, 0.717) is 12.3 Å². The van der Waals surface area contributed by atoms with Gasteiger partial charge in [0.1, 0.15) is 5.76 Å². The Hall–Kier alpha value is -2.31. The Morgan fingerprint density at radius 2 is 2.00 bits per heavy atom. The van der Waals surface area contributed by atoms with Gasteiger partial charge in [0.15, 0.2) is 6.10 Å². The lowest BCUT2D eigenvalue weighted by Crippen LogP contribution is -2.51. The minimum atomic E-state index is -0.838. The molecule has 0 bridgehead atoms. The highest BCUT2D eigenvalue weighted by atomic mass is 16.5. The van der Waals surface area contributed by atoms with Gasteiger partial charge in [-0.3, -0.25) is 14.4 Å². The normalized spacial score (nSPS) is 26.9. The van der Waals surface area contributed by atoms with Crippen molar-refractivity contribution in [3.05, 3.63) is 24.2 Å². The van der Waals surface area contributed by atoms with Crippen LogP contribution < -0.4 is 0 Å². The fourth-order valence-electron chi connectivity index (χ4n) is 4.06. The van der Waals surface area contributed by atoms with Gasteiger partial charge in [0.05, 0.1) is 18.7 Å². The largest absolute Gasteiger partial charge is 0.467 e. The van der Waals surface area contributed by atoms with Gasteiger partial charge in [0.2, 0.25) is 5.91 Å². The molecule has 1 aromatic rings. The van der Waals surface area contributed by atoms with E-state index in [1.807, 2.05) is 18.7 Å². The smallest absolute Gasteiger partial charge is 0.312 e. The summed E-state index contributed by atoms with van der Waals surface area (Å²) in [6, 6.07) is 3.86. The van der Waals surface area contributed by atoms with E-state index >= 15 is 0 Å². The van der Waals surface area contributed by atoms with Crippen LogP contribution >= 0.6 is 0 Å². The number of nitrogens with zero attached hydrogens (tertiary/aromatic N) is 2. The highest BCUT2D eigenvalue weighted by molar-refractivity contribution is 5.89. The molecular formula is C20H28N2O5. The van der Waals surface area contributed by atoms with Crippen molar-refractivity contribution < 1.29 is 23.5 Å². The average molecular weight is 376 g/mol. The van der Waals surface area contributed by atoms with E-state index in [4.69, 9.17) is 9.15 Å². The number of furan rings is 1. The molecule has 3 rings (SSSR count). The summed E-state index contributed by atoms with van der Waals surface area (Å²) >= 11 is 0. The van der Waals surface area contributed by atoms with E-state index in [-0.39, 0.29) is 36.9 Å². The molecule has 2 amide bonds. The summed E-state index contributed by atoms with van der Waals surface area (Å²) < 4.78 is 10.7. The van der Waals surface area contributed by atoms with Crippen molar-refractivity contribution >= 4 is 17.8 Å². The van der Waals surface area contributed by atoms with Crippen LogP contribution in [-0.4, -0.2) is 52.3 Å². The number of carbonyl (C=O) groups is 3. The average Bonchev–Trinajstić information content (AvgIpc) is 3.25. The molecule has 1 aromatic heterocycles. The lowest BCUT2D eigenvalue weighted by Gasteiger charge is -2.40. The van der Waals surface area contributed by atoms with Gasteiger partial charge in [-0.15, -0.1) is 0 Å². The van der Waals surface area contributed by atoms with E-state index in [9.17, 15) is 14.4 Å². The molecule has 4 atom stereocenters. The summed E-state index contributed by atoms with van der Waals surface area (Å²) in [5, 5.41) is 0. The summed E-state index contributed by atoms with van der Waals surface area (Å²) in [6.07, 6.45) is 3.87. The number of ether oxygens (including phenoxy) is 1. The SMILES string of the molecule is C[C@H](OC(=O)[C@@H]1CC(=O)N(Cc2ccco2)C1)C(=O)N1[C@@H](C)CCC[C@@H]1C. The van der Waals surface area contributed by atoms with Crippen LogP contribution in [0, 0.1) is 5.92 Å². The molecule has 7 nitrogen and oxygen atoms in total. The van der Waals surface area contributed by atoms with Crippen LogP contribution in [-0.2, 0) is 25.7 Å². The number of amides is 2. The second kappa shape index (κ2) is 8.15. The maximum atomic E-state index is 12.8. The minimum Gasteiger partial charge on any atom is -0.467 e. The third-order valence-corrected chi connectivity index (χ3v) is 5.56. The first-order valence-electron chi connectivity index (χ1n) is 9.69. The Balaban J connectivity index is 1.55. The van der Waals surface area contributed by atoms with E-state index < -0.39 is 18.0 Å². The molecule has 27 heavy (non-hydrogen) atoms. The van der Waals surface area contributed by atoms with Gasteiger partial charge in [-0.25, -0.2) is 0 Å². The maximum Gasteiger partial charge on any atom is 0.312 e. The maximum absolute atomic E-state index is 12.8. The van der Waals surface area contributed by atoms with Gasteiger partial charge < -0.3 is 19.0 Å². The van der Waals surface area contributed by atoms with Crippen LogP contribution in [0.25, 0.3) is 0 Å². The predicted molar refractivity (Wildman–Crippen MR) is 97.4 cm³/mol. The van der Waals surface area contributed by atoms with E-state index in [1.54, 1.807) is 30.2 Å². The monoisotopic (exact) mass is 376 g/mol. The summed E-state index contributed by atoms with van der Waals surface area (Å²) in [6.45, 7) is 6.31. The van der Waals surface area contributed by atoms with Crippen LogP contribution in [0.3, 0.4) is 0 Å². The van der Waals surface area contributed by atoms with E-state index in [2.05, 4.69) is 0 Å². The fraction of sp³-hybridized carbons (Fsp3) is 0.650. The standard InChI is InChI=1S/C20H28N2O5/c1-13-6-4-7-14(2)22(13)19(24)15(3)27-20(25)16-10-18(23)21(11-16)12-17-8-5-9-26-17/h5,8-9,13-16H,4,6-7,10-12H2,1-3H3/t13-,14-,15-,16+/m0/s1. The quantitative estimate of drug-likeness (QED) is 0.737. The highest BCUT2D eigenvalue weighted by Gasteiger charge is 2.38. The van der Waals surface area contributed by atoms with Gasteiger partial charge in [0, 0.05) is 25.0 Å². The van der Waals surface area contributed by atoms with Crippen molar-refractivity contribution in [3.63, 3.8) is 0 Å². The third-order valence-electron chi connectivity index (χ3n) is 5.56. The molecule has 2 aliphatic heterocycles. The second-order valence-electron chi connectivity index (χ2n) is 7.71. The number of rotatable bonds is 5. The summed E-state index contributed by atoms with van der Waals surface area (Å²) in [4.78, 5) is 40.9. The molecule has 0 aromatic carbocycles. The van der Waals surface area contributed by atoms with Crippen molar-refractivity contribution in [1.82, 2.24) is 9.80 Å². The fourth-order valence-corrected chi connectivity index (χ4v) is 4.06. The number of piperidine rings is 1. The lowest BCUT2D eigenvalue weighted by molar-refractivity contribution is -0.165. The zero-order valence-corrected chi connectivity index (χ0v) is 16.2. The molecule has 148 valence electrons. The Kier molecular flexibility index (Phi) is 5.87. The van der Waals surface area contributed by atoms with Gasteiger partial charge >= 0.3 is 5.97 Å². The molecule has 0 aliphatic carbocycles. The lowest BCUT2D eigenvalue weighted by atomic mass is 9.97. The van der Waals surface area contributed by atoms with Crippen LogP contribution in [0.5, 0.6) is 0 Å². The van der Waals surface area contributed by atoms with Crippen molar-refractivity contribution in [2.24, 2.45) is 5.92 Å². The van der Waals surface area contributed by atoms with Crippen LogP contribution in [0.15, 0.2) is 22.8 Å². The molecule has 0 saturated carbocycles. The Labute approximate surface area is 159 Å². The predicted octanol–water partition coefficient (Wildman–Crippen LogP) is 2.35. The van der Waals surface area contributed by atoms with E-state index in [0.717, 1.165) is 19.3 Å². The van der Waals surface area contributed by atoms with Crippen LogP contribution in [0.4, 0.5) is 0 Å². The topological polar surface area (TPSA) is 80.1 Å².